The van der Waals surface area contributed by atoms with Crippen LogP contribution >= 0.6 is 11.8 Å². The Bertz CT molecular complexity index is 778. The molecule has 3 rings (SSSR count). The fraction of sp³-hybridized carbons (Fsp3) is 0.333. The molecule has 1 aliphatic heterocycles. The van der Waals surface area contributed by atoms with Crippen LogP contribution in [0.4, 0.5) is 8.78 Å². The lowest BCUT2D eigenvalue weighted by Crippen LogP contribution is -2.50. The number of benzene rings is 1. The van der Waals surface area contributed by atoms with E-state index in [0.29, 0.717) is 11.3 Å². The second-order valence-electron chi connectivity index (χ2n) is 6.14. The van der Waals surface area contributed by atoms with Crippen molar-refractivity contribution in [2.45, 2.75) is 17.3 Å². The lowest BCUT2D eigenvalue weighted by molar-refractivity contribution is 0.172. The first-order valence-electron chi connectivity index (χ1n) is 8.35. The van der Waals surface area contributed by atoms with E-state index < -0.39 is 11.6 Å². The van der Waals surface area contributed by atoms with Gasteiger partial charge in [0.05, 0.1) is 0 Å². The number of hydrogen-bond acceptors (Lipinski definition) is 4. The van der Waals surface area contributed by atoms with Gasteiger partial charge in [0.25, 0.3) is 0 Å². The smallest absolute Gasteiger partial charge is 0.188 e. The van der Waals surface area contributed by atoms with E-state index in [4.69, 9.17) is 11.1 Å². The van der Waals surface area contributed by atoms with Gasteiger partial charge in [-0.25, -0.2) is 13.8 Å². The van der Waals surface area contributed by atoms with E-state index in [0.717, 1.165) is 49.4 Å². The van der Waals surface area contributed by atoms with Crippen molar-refractivity contribution in [3.05, 3.63) is 59.3 Å². The third-order valence-corrected chi connectivity index (χ3v) is 5.43. The van der Waals surface area contributed by atoms with Crippen molar-refractivity contribution in [2.24, 2.45) is 5.73 Å². The zero-order valence-corrected chi connectivity index (χ0v) is 15.1. The molecule has 0 atom stereocenters. The molecule has 8 heteroatoms. The monoisotopic (exact) mass is 377 g/mol. The number of pyridine rings is 1. The molecule has 5 nitrogen and oxygen atoms in total. The van der Waals surface area contributed by atoms with E-state index in [1.165, 1.54) is 23.9 Å². The fourth-order valence-electron chi connectivity index (χ4n) is 2.85. The molecule has 0 unspecified atom stereocenters. The Morgan fingerprint density at radius 2 is 1.92 bits per heavy atom. The summed E-state index contributed by atoms with van der Waals surface area (Å²) in [7, 11) is 0. The fourth-order valence-corrected chi connectivity index (χ4v) is 3.83. The second kappa shape index (κ2) is 8.46. The maximum Gasteiger partial charge on any atom is 0.188 e. The van der Waals surface area contributed by atoms with Crippen LogP contribution in [-0.2, 0) is 12.3 Å². The highest BCUT2D eigenvalue weighted by Crippen LogP contribution is 2.26. The van der Waals surface area contributed by atoms with Crippen molar-refractivity contribution >= 4 is 17.7 Å². The molecule has 1 aromatic heterocycles. The largest absolute Gasteiger partial charge is 0.370 e. The number of nitrogens with two attached hydrogens (primary N) is 1. The Morgan fingerprint density at radius 1 is 1.15 bits per heavy atom. The quantitative estimate of drug-likeness (QED) is 0.476. The molecule has 0 spiro atoms. The summed E-state index contributed by atoms with van der Waals surface area (Å²) in [5, 5.41) is 8.35. The number of guanidine groups is 1. The van der Waals surface area contributed by atoms with Crippen LogP contribution in [0.3, 0.4) is 0 Å². The molecule has 0 saturated carbocycles. The molecule has 0 aliphatic carbocycles. The van der Waals surface area contributed by atoms with Gasteiger partial charge < -0.3 is 10.6 Å². The van der Waals surface area contributed by atoms with Gasteiger partial charge in [0.1, 0.15) is 16.7 Å². The molecule has 138 valence electrons. The van der Waals surface area contributed by atoms with Gasteiger partial charge in [-0.2, -0.15) is 0 Å². The van der Waals surface area contributed by atoms with E-state index in [1.807, 2.05) is 17.0 Å². The number of nitrogens with one attached hydrogen (secondary N) is 1. The van der Waals surface area contributed by atoms with Gasteiger partial charge in [0.2, 0.25) is 0 Å². The van der Waals surface area contributed by atoms with Crippen LogP contribution in [0.25, 0.3) is 0 Å². The van der Waals surface area contributed by atoms with Crippen LogP contribution in [0.2, 0.25) is 0 Å². The second-order valence-corrected chi connectivity index (χ2v) is 7.10. The Hall–Kier alpha value is -2.19. The summed E-state index contributed by atoms with van der Waals surface area (Å²) in [6.07, 6.45) is 1.72. The number of thioether (sulfide) groups is 1. The van der Waals surface area contributed by atoms with Crippen molar-refractivity contribution in [1.82, 2.24) is 14.8 Å². The molecular formula is C18H21F2N5S. The zero-order valence-electron chi connectivity index (χ0n) is 14.3. The summed E-state index contributed by atoms with van der Waals surface area (Å²) in [4.78, 5) is 8.57. The maximum absolute atomic E-state index is 13.8. The number of hydrogen-bond donors (Lipinski definition) is 2. The van der Waals surface area contributed by atoms with Crippen molar-refractivity contribution in [3.8, 4) is 0 Å². The molecule has 0 bridgehead atoms. The van der Waals surface area contributed by atoms with Crippen LogP contribution in [0.5, 0.6) is 0 Å². The molecule has 1 aromatic carbocycles. The van der Waals surface area contributed by atoms with Crippen LogP contribution in [0.1, 0.15) is 11.1 Å². The highest BCUT2D eigenvalue weighted by molar-refractivity contribution is 7.98. The lowest BCUT2D eigenvalue weighted by Gasteiger charge is -2.35. The van der Waals surface area contributed by atoms with Crippen LogP contribution in [0, 0.1) is 17.0 Å². The molecule has 1 saturated heterocycles. The zero-order chi connectivity index (χ0) is 18.5. The first-order chi connectivity index (χ1) is 12.5. The average Bonchev–Trinajstić information content (AvgIpc) is 2.62. The molecule has 3 N–H and O–H groups in total. The first-order valence-corrected chi connectivity index (χ1v) is 9.33. The predicted molar refractivity (Wildman–Crippen MR) is 98.9 cm³/mol. The summed E-state index contributed by atoms with van der Waals surface area (Å²) in [5.74, 6) is -0.591. The minimum atomic E-state index is -0.570. The Balaban J connectivity index is 1.62. The summed E-state index contributed by atoms with van der Waals surface area (Å²) in [6, 6.07) is 7.56. The van der Waals surface area contributed by atoms with Crippen LogP contribution < -0.4 is 5.73 Å². The molecule has 1 aliphatic rings. The van der Waals surface area contributed by atoms with E-state index in [2.05, 4.69) is 9.88 Å². The van der Waals surface area contributed by atoms with E-state index in [9.17, 15) is 8.78 Å². The van der Waals surface area contributed by atoms with E-state index in [1.54, 1.807) is 6.20 Å². The third kappa shape index (κ3) is 4.70. The van der Waals surface area contributed by atoms with Crippen molar-refractivity contribution < 1.29 is 8.78 Å². The van der Waals surface area contributed by atoms with Gasteiger partial charge in [-0.3, -0.25) is 10.3 Å². The van der Waals surface area contributed by atoms with Gasteiger partial charge in [-0.05, 0) is 23.3 Å². The predicted octanol–water partition coefficient (Wildman–Crippen LogP) is 2.66. The molecular weight excluding hydrogens is 356 g/mol. The number of halogens is 2. The van der Waals surface area contributed by atoms with Crippen molar-refractivity contribution in [2.75, 3.05) is 26.2 Å². The van der Waals surface area contributed by atoms with Crippen LogP contribution in [-0.4, -0.2) is 46.9 Å². The molecule has 1 fully saturated rings. The molecule has 2 heterocycles. The normalized spacial score (nSPS) is 15.2. The highest BCUT2D eigenvalue weighted by Gasteiger charge is 2.19. The van der Waals surface area contributed by atoms with Gasteiger partial charge >= 0.3 is 0 Å². The van der Waals surface area contributed by atoms with E-state index in [-0.39, 0.29) is 5.96 Å². The molecule has 0 radical (unpaired) electrons. The summed E-state index contributed by atoms with van der Waals surface area (Å²) in [6.45, 7) is 3.86. The summed E-state index contributed by atoms with van der Waals surface area (Å²) >= 11 is 1.45. The number of piperazine rings is 1. The SMILES string of the molecule is N=C(N)N1CCN(Cc2cccnc2SCc2ccc(F)cc2F)CC1. The molecule has 0 amide bonds. The Labute approximate surface area is 155 Å². The minimum Gasteiger partial charge on any atom is -0.370 e. The van der Waals surface area contributed by atoms with E-state index >= 15 is 0 Å². The topological polar surface area (TPSA) is 69.2 Å². The van der Waals surface area contributed by atoms with Crippen molar-refractivity contribution in [3.63, 3.8) is 0 Å². The third-order valence-electron chi connectivity index (χ3n) is 4.34. The maximum atomic E-state index is 13.8. The van der Waals surface area contributed by atoms with Gasteiger partial charge in [0, 0.05) is 50.7 Å². The minimum absolute atomic E-state index is 0.114. The summed E-state index contributed by atoms with van der Waals surface area (Å²) in [5.41, 5.74) is 7.07. The van der Waals surface area contributed by atoms with Gasteiger partial charge in [-0.15, -0.1) is 11.8 Å². The lowest BCUT2D eigenvalue weighted by atomic mass is 10.2. The Kier molecular flexibility index (Phi) is 6.05. The summed E-state index contributed by atoms with van der Waals surface area (Å²) < 4.78 is 26.8. The van der Waals surface area contributed by atoms with Gasteiger partial charge in [-0.1, -0.05) is 12.1 Å². The Morgan fingerprint density at radius 3 is 2.62 bits per heavy atom. The average molecular weight is 377 g/mol. The molecule has 26 heavy (non-hydrogen) atoms. The van der Waals surface area contributed by atoms with Crippen LogP contribution in [0.15, 0.2) is 41.6 Å². The molecule has 2 aromatic rings. The first kappa shape index (κ1) is 18.6. The number of aromatic nitrogens is 1. The van der Waals surface area contributed by atoms with Gasteiger partial charge in [0.15, 0.2) is 5.96 Å². The number of nitrogens with zero attached hydrogens (tertiary/aromatic N) is 3. The number of rotatable bonds is 5. The highest BCUT2D eigenvalue weighted by atomic mass is 32.2. The standard InChI is InChI=1S/C18H21F2N5S/c19-15-4-3-14(16(20)10-15)12-26-17-13(2-1-5-23-17)11-24-6-8-25(9-7-24)18(21)22/h1-5,10H,6-9,11-12H2,(H3,21,22). The van der Waals surface area contributed by atoms with Crippen molar-refractivity contribution in [1.29, 1.82) is 5.41 Å².